The molecule has 2 aromatic rings. The molecule has 0 aliphatic rings. The number of anilines is 1. The summed E-state index contributed by atoms with van der Waals surface area (Å²) >= 11 is 12.8. The first-order chi connectivity index (χ1) is 13.1. The molecule has 0 unspecified atom stereocenters. The molecule has 0 saturated carbocycles. The van der Waals surface area contributed by atoms with Gasteiger partial charge in [0.15, 0.2) is 0 Å². The molecular weight excluding hydrogens is 423 g/mol. The molecule has 0 bridgehead atoms. The summed E-state index contributed by atoms with van der Waals surface area (Å²) in [6.45, 7) is 1.64. The van der Waals surface area contributed by atoms with E-state index in [0.717, 1.165) is 11.3 Å². The molecule has 9 heteroatoms. The van der Waals surface area contributed by atoms with Crippen molar-refractivity contribution in [3.8, 4) is 0 Å². The zero-order chi connectivity index (χ0) is 21.0. The molecule has 1 heterocycles. The molecule has 0 atom stereocenters. The molecule has 148 valence electrons. The number of nitrogens with one attached hydrogen (secondary N) is 1. The maximum absolute atomic E-state index is 12.3. The smallest absolute Gasteiger partial charge is 0.341 e. The van der Waals surface area contributed by atoms with E-state index in [1.807, 2.05) is 0 Å². The number of thiophene rings is 1. The van der Waals surface area contributed by atoms with Crippen molar-refractivity contribution in [1.82, 2.24) is 4.90 Å². The van der Waals surface area contributed by atoms with Crippen molar-refractivity contribution < 1.29 is 19.1 Å². The number of halogens is 2. The first kappa shape index (κ1) is 21.9. The van der Waals surface area contributed by atoms with Gasteiger partial charge in [0.05, 0.1) is 27.6 Å². The van der Waals surface area contributed by atoms with Crippen LogP contribution in [0.3, 0.4) is 0 Å². The van der Waals surface area contributed by atoms with Gasteiger partial charge in [-0.2, -0.15) is 0 Å². The Morgan fingerprint density at radius 1 is 1.18 bits per heavy atom. The summed E-state index contributed by atoms with van der Waals surface area (Å²) in [4.78, 5) is 38.6. The number of nitrogens with zero attached hydrogens (tertiary/aromatic N) is 1. The highest BCUT2D eigenvalue weighted by Gasteiger charge is 2.26. The number of rotatable bonds is 5. The number of amides is 2. The van der Waals surface area contributed by atoms with Crippen LogP contribution in [-0.2, 0) is 9.53 Å². The van der Waals surface area contributed by atoms with Gasteiger partial charge >= 0.3 is 5.97 Å². The first-order valence-electron chi connectivity index (χ1n) is 8.03. The number of benzene rings is 1. The Morgan fingerprint density at radius 2 is 1.86 bits per heavy atom. The molecule has 0 aliphatic heterocycles. The van der Waals surface area contributed by atoms with Crippen molar-refractivity contribution in [1.29, 1.82) is 0 Å². The highest BCUT2D eigenvalue weighted by atomic mass is 35.5. The number of hydrogen-bond donors (Lipinski definition) is 1. The second-order valence-corrected chi connectivity index (χ2v) is 7.78. The third kappa shape index (κ3) is 4.92. The van der Waals surface area contributed by atoms with E-state index < -0.39 is 11.9 Å². The summed E-state index contributed by atoms with van der Waals surface area (Å²) in [5.74, 6) is -1.36. The van der Waals surface area contributed by atoms with Gasteiger partial charge in [0, 0.05) is 20.2 Å². The Labute approximate surface area is 176 Å². The minimum Gasteiger partial charge on any atom is -0.465 e. The molecule has 28 heavy (non-hydrogen) atoms. The van der Waals surface area contributed by atoms with Crippen molar-refractivity contribution in [2.24, 2.45) is 0 Å². The van der Waals surface area contributed by atoms with Gasteiger partial charge in [-0.15, -0.1) is 11.3 Å². The molecular formula is C19H18Cl2N2O4S. The molecule has 1 N–H and O–H groups in total. The lowest BCUT2D eigenvalue weighted by molar-refractivity contribution is -0.111. The van der Waals surface area contributed by atoms with Crippen molar-refractivity contribution in [3.05, 3.63) is 55.9 Å². The van der Waals surface area contributed by atoms with E-state index in [4.69, 9.17) is 27.9 Å². The maximum atomic E-state index is 12.3. The van der Waals surface area contributed by atoms with Gasteiger partial charge < -0.3 is 15.0 Å². The lowest BCUT2D eigenvalue weighted by Crippen LogP contribution is -2.21. The van der Waals surface area contributed by atoms with E-state index in [0.29, 0.717) is 26.0 Å². The Hall–Kier alpha value is -2.35. The number of carbonyl (C=O) groups is 3. The molecule has 2 amide bonds. The first-order valence-corrected chi connectivity index (χ1v) is 9.60. The fraction of sp³-hybridized carbons (Fsp3) is 0.211. The van der Waals surface area contributed by atoms with Crippen LogP contribution in [0.1, 0.15) is 31.2 Å². The summed E-state index contributed by atoms with van der Waals surface area (Å²) in [7, 11) is 4.46. The van der Waals surface area contributed by atoms with Crippen molar-refractivity contribution in [2.45, 2.75) is 6.92 Å². The molecule has 0 spiro atoms. The zero-order valence-electron chi connectivity index (χ0n) is 15.6. The standard InChI is InChI=1S/C19H18Cl2N2O4S/c1-10-15(19(26)27-4)17(28-16(10)18(25)23(2)3)22-14(24)8-6-11-5-7-12(20)13(21)9-11/h5-9H,1-4H3,(H,22,24). The van der Waals surface area contributed by atoms with Crippen molar-refractivity contribution >= 4 is 63.4 Å². The average Bonchev–Trinajstić information content (AvgIpc) is 2.97. The second kappa shape index (κ2) is 9.23. The van der Waals surface area contributed by atoms with Gasteiger partial charge in [0.25, 0.3) is 5.91 Å². The summed E-state index contributed by atoms with van der Waals surface area (Å²) in [5.41, 5.74) is 1.30. The van der Waals surface area contributed by atoms with Crippen LogP contribution in [0.25, 0.3) is 6.08 Å². The van der Waals surface area contributed by atoms with E-state index in [-0.39, 0.29) is 16.5 Å². The summed E-state index contributed by atoms with van der Waals surface area (Å²) in [6.07, 6.45) is 2.85. The normalized spacial score (nSPS) is 10.8. The van der Waals surface area contributed by atoms with Crippen LogP contribution in [0.4, 0.5) is 5.00 Å². The highest BCUT2D eigenvalue weighted by Crippen LogP contribution is 2.34. The Kier molecular flexibility index (Phi) is 7.23. The third-order valence-corrected chi connectivity index (χ3v) is 5.68. The molecule has 2 rings (SSSR count). The van der Waals surface area contributed by atoms with Crippen LogP contribution in [-0.4, -0.2) is 43.9 Å². The minimum atomic E-state index is -0.629. The Bertz CT molecular complexity index is 967. The number of ether oxygens (including phenoxy) is 1. The topological polar surface area (TPSA) is 75.7 Å². The van der Waals surface area contributed by atoms with Crippen LogP contribution in [0.5, 0.6) is 0 Å². The predicted octanol–water partition coefficient (Wildman–Crippen LogP) is 4.50. The fourth-order valence-electron chi connectivity index (χ4n) is 2.30. The Balaban J connectivity index is 2.30. The summed E-state index contributed by atoms with van der Waals surface area (Å²) < 4.78 is 4.79. The van der Waals surface area contributed by atoms with Gasteiger partial charge in [0.2, 0.25) is 5.91 Å². The minimum absolute atomic E-state index is 0.161. The average molecular weight is 441 g/mol. The van der Waals surface area contributed by atoms with Crippen molar-refractivity contribution in [3.63, 3.8) is 0 Å². The van der Waals surface area contributed by atoms with Gasteiger partial charge in [-0.05, 0) is 36.3 Å². The van der Waals surface area contributed by atoms with Crippen LogP contribution in [0, 0.1) is 6.92 Å². The van der Waals surface area contributed by atoms with Crippen molar-refractivity contribution in [2.75, 3.05) is 26.5 Å². The number of carbonyl (C=O) groups excluding carboxylic acids is 3. The number of esters is 1. The van der Waals surface area contributed by atoms with Crippen LogP contribution in [0.2, 0.25) is 10.0 Å². The molecule has 6 nitrogen and oxygen atoms in total. The van der Waals surface area contributed by atoms with E-state index in [9.17, 15) is 14.4 Å². The predicted molar refractivity (Wildman–Crippen MR) is 113 cm³/mol. The third-order valence-electron chi connectivity index (χ3n) is 3.74. The van der Waals surface area contributed by atoms with E-state index in [1.165, 1.54) is 18.1 Å². The maximum Gasteiger partial charge on any atom is 0.341 e. The van der Waals surface area contributed by atoms with Gasteiger partial charge in [0.1, 0.15) is 5.00 Å². The van der Waals surface area contributed by atoms with Crippen LogP contribution in [0.15, 0.2) is 24.3 Å². The summed E-state index contributed by atoms with van der Waals surface area (Å²) in [6, 6.07) is 4.95. The second-order valence-electron chi connectivity index (χ2n) is 5.95. The molecule has 1 aromatic carbocycles. The van der Waals surface area contributed by atoms with Crippen LogP contribution >= 0.6 is 34.5 Å². The lowest BCUT2D eigenvalue weighted by Gasteiger charge is -2.08. The lowest BCUT2D eigenvalue weighted by atomic mass is 10.1. The summed E-state index contributed by atoms with van der Waals surface area (Å²) in [5, 5.41) is 3.68. The molecule has 0 saturated heterocycles. The van der Waals surface area contributed by atoms with E-state index in [2.05, 4.69) is 5.32 Å². The SMILES string of the molecule is COC(=O)c1c(NC(=O)C=Cc2ccc(Cl)c(Cl)c2)sc(C(=O)N(C)C)c1C. The molecule has 0 aliphatic carbocycles. The van der Waals surface area contributed by atoms with Gasteiger partial charge in [-0.25, -0.2) is 4.79 Å². The Morgan fingerprint density at radius 3 is 2.43 bits per heavy atom. The molecule has 0 radical (unpaired) electrons. The largest absolute Gasteiger partial charge is 0.465 e. The van der Waals surface area contributed by atoms with Crippen LogP contribution < -0.4 is 5.32 Å². The molecule has 0 fully saturated rings. The zero-order valence-corrected chi connectivity index (χ0v) is 18.0. The highest BCUT2D eigenvalue weighted by molar-refractivity contribution is 7.18. The quantitative estimate of drug-likeness (QED) is 0.548. The van der Waals surface area contributed by atoms with E-state index in [1.54, 1.807) is 45.3 Å². The monoisotopic (exact) mass is 440 g/mol. The van der Waals surface area contributed by atoms with Gasteiger partial charge in [-0.1, -0.05) is 29.3 Å². The number of hydrogen-bond acceptors (Lipinski definition) is 5. The van der Waals surface area contributed by atoms with Gasteiger partial charge in [-0.3, -0.25) is 9.59 Å². The van der Waals surface area contributed by atoms with E-state index >= 15 is 0 Å². The fourth-order valence-corrected chi connectivity index (χ4v) is 3.82. The number of methoxy groups -OCH3 is 1. The molecule has 1 aromatic heterocycles.